The molecule has 0 saturated carbocycles. The molecule has 0 aliphatic rings. The van der Waals surface area contributed by atoms with Crippen LogP contribution in [0.1, 0.15) is 22.3 Å². The van der Waals surface area contributed by atoms with E-state index in [1.54, 1.807) is 25.3 Å². The van der Waals surface area contributed by atoms with Crippen molar-refractivity contribution in [3.63, 3.8) is 0 Å². The molecule has 1 N–H and O–H groups in total. The lowest BCUT2D eigenvalue weighted by atomic mass is 10.1. The largest absolute Gasteiger partial charge is 0.469 e. The van der Waals surface area contributed by atoms with Gasteiger partial charge in [0.25, 0.3) is 5.91 Å². The minimum Gasteiger partial charge on any atom is -0.469 e. The zero-order valence-electron chi connectivity index (χ0n) is 10.6. The molecule has 1 amide bonds. The van der Waals surface area contributed by atoms with E-state index in [1.807, 2.05) is 6.07 Å². The molecule has 0 aromatic heterocycles. The van der Waals surface area contributed by atoms with Gasteiger partial charge in [-0.15, -0.1) is 0 Å². The molecule has 0 fully saturated rings. The summed E-state index contributed by atoms with van der Waals surface area (Å²) in [6, 6.07) is 7.15. The molecule has 0 bridgehead atoms. The number of carbonyl (C=O) groups is 2. The van der Waals surface area contributed by atoms with E-state index in [0.717, 1.165) is 5.56 Å². The second-order valence-corrected chi connectivity index (χ2v) is 3.72. The van der Waals surface area contributed by atoms with Crippen molar-refractivity contribution < 1.29 is 19.1 Å². The lowest BCUT2D eigenvalue weighted by molar-refractivity contribution is -0.140. The molecule has 5 heteroatoms. The van der Waals surface area contributed by atoms with E-state index in [4.69, 9.17) is 4.74 Å². The molecule has 0 aliphatic carbocycles. The number of nitrogens with one attached hydrogen (secondary N) is 1. The Hall–Kier alpha value is -1.88. The van der Waals surface area contributed by atoms with E-state index >= 15 is 0 Å². The summed E-state index contributed by atoms with van der Waals surface area (Å²) in [5.74, 6) is -0.555. The smallest absolute Gasteiger partial charge is 0.307 e. The van der Waals surface area contributed by atoms with Gasteiger partial charge >= 0.3 is 5.97 Å². The number of rotatable bonds is 6. The number of ether oxygens (including phenoxy) is 2. The molecule has 1 aromatic carbocycles. The summed E-state index contributed by atoms with van der Waals surface area (Å²) >= 11 is 0. The Morgan fingerprint density at radius 1 is 1.28 bits per heavy atom. The summed E-state index contributed by atoms with van der Waals surface area (Å²) in [6.07, 6.45) is 0.167. The standard InChI is InChI=1S/C13H17NO4/c1-17-9-10-4-3-5-11(8-10)13(16)14-7-6-12(15)18-2/h3-5,8H,6-7,9H2,1-2H3,(H,14,16). The number of hydrogen-bond donors (Lipinski definition) is 1. The summed E-state index contributed by atoms with van der Waals surface area (Å²) in [5, 5.41) is 2.65. The zero-order valence-corrected chi connectivity index (χ0v) is 10.6. The summed E-state index contributed by atoms with van der Waals surface area (Å²) in [6.45, 7) is 0.725. The first-order valence-electron chi connectivity index (χ1n) is 5.60. The van der Waals surface area contributed by atoms with Crippen molar-refractivity contribution in [2.75, 3.05) is 20.8 Å². The topological polar surface area (TPSA) is 64.6 Å². The van der Waals surface area contributed by atoms with Crippen LogP contribution < -0.4 is 5.32 Å². The second-order valence-electron chi connectivity index (χ2n) is 3.72. The zero-order chi connectivity index (χ0) is 13.4. The molecule has 0 spiro atoms. The molecule has 0 aliphatic heterocycles. The van der Waals surface area contributed by atoms with Gasteiger partial charge in [0.15, 0.2) is 0 Å². The summed E-state index contributed by atoms with van der Waals surface area (Å²) < 4.78 is 9.48. The van der Waals surface area contributed by atoms with Crippen LogP contribution in [0.5, 0.6) is 0 Å². The molecule has 1 aromatic rings. The number of hydrogen-bond acceptors (Lipinski definition) is 4. The van der Waals surface area contributed by atoms with Crippen LogP contribution in [0.15, 0.2) is 24.3 Å². The lowest BCUT2D eigenvalue weighted by Gasteiger charge is -2.06. The van der Waals surface area contributed by atoms with Gasteiger partial charge in [-0.05, 0) is 17.7 Å². The number of amides is 1. The SMILES string of the molecule is COCc1cccc(C(=O)NCCC(=O)OC)c1. The Balaban J connectivity index is 2.50. The van der Waals surface area contributed by atoms with E-state index in [2.05, 4.69) is 10.1 Å². The van der Waals surface area contributed by atoms with Crippen molar-refractivity contribution in [2.45, 2.75) is 13.0 Å². The van der Waals surface area contributed by atoms with Gasteiger partial charge in [-0.3, -0.25) is 9.59 Å². The van der Waals surface area contributed by atoms with Gasteiger partial charge in [0.1, 0.15) is 0 Å². The monoisotopic (exact) mass is 251 g/mol. The molecular weight excluding hydrogens is 234 g/mol. The van der Waals surface area contributed by atoms with E-state index in [0.29, 0.717) is 12.2 Å². The normalized spacial score (nSPS) is 9.89. The molecule has 98 valence electrons. The van der Waals surface area contributed by atoms with Gasteiger partial charge < -0.3 is 14.8 Å². The fourth-order valence-electron chi connectivity index (χ4n) is 1.45. The van der Waals surface area contributed by atoms with E-state index < -0.39 is 0 Å². The van der Waals surface area contributed by atoms with Gasteiger partial charge in [-0.2, -0.15) is 0 Å². The first kappa shape index (κ1) is 14.2. The molecule has 0 heterocycles. The van der Waals surface area contributed by atoms with Crippen molar-refractivity contribution in [1.29, 1.82) is 0 Å². The molecule has 0 atom stereocenters. The third-order valence-corrected chi connectivity index (χ3v) is 2.34. The third-order valence-electron chi connectivity index (χ3n) is 2.34. The number of esters is 1. The van der Waals surface area contributed by atoms with Crippen LogP contribution in [0, 0.1) is 0 Å². The third kappa shape index (κ3) is 4.55. The van der Waals surface area contributed by atoms with Gasteiger partial charge in [0, 0.05) is 19.2 Å². The van der Waals surface area contributed by atoms with Gasteiger partial charge in [-0.1, -0.05) is 12.1 Å². The number of carbonyl (C=O) groups excluding carboxylic acids is 2. The number of methoxy groups -OCH3 is 2. The van der Waals surface area contributed by atoms with Gasteiger partial charge in [0.05, 0.1) is 20.1 Å². The highest BCUT2D eigenvalue weighted by atomic mass is 16.5. The van der Waals surface area contributed by atoms with Crippen LogP contribution in [0.25, 0.3) is 0 Å². The fourth-order valence-corrected chi connectivity index (χ4v) is 1.45. The molecule has 1 rings (SSSR count). The predicted octanol–water partition coefficient (Wildman–Crippen LogP) is 1.13. The van der Waals surface area contributed by atoms with Gasteiger partial charge in [-0.25, -0.2) is 0 Å². The minimum absolute atomic E-state index is 0.167. The lowest BCUT2D eigenvalue weighted by Crippen LogP contribution is -2.26. The van der Waals surface area contributed by atoms with Crippen LogP contribution in [-0.4, -0.2) is 32.6 Å². The quantitative estimate of drug-likeness (QED) is 0.770. The van der Waals surface area contributed by atoms with Crippen LogP contribution >= 0.6 is 0 Å². The highest BCUT2D eigenvalue weighted by Gasteiger charge is 2.07. The highest BCUT2D eigenvalue weighted by Crippen LogP contribution is 2.06. The minimum atomic E-state index is -0.344. The molecule has 18 heavy (non-hydrogen) atoms. The Morgan fingerprint density at radius 2 is 2.06 bits per heavy atom. The maximum absolute atomic E-state index is 11.8. The second kappa shape index (κ2) is 7.45. The van der Waals surface area contributed by atoms with E-state index in [-0.39, 0.29) is 24.8 Å². The molecular formula is C13H17NO4. The maximum Gasteiger partial charge on any atom is 0.307 e. The molecule has 5 nitrogen and oxygen atoms in total. The summed E-state index contributed by atoms with van der Waals surface area (Å²) in [7, 11) is 2.92. The van der Waals surface area contributed by atoms with Crippen molar-refractivity contribution in [3.8, 4) is 0 Å². The Morgan fingerprint density at radius 3 is 2.72 bits per heavy atom. The van der Waals surface area contributed by atoms with Gasteiger partial charge in [0.2, 0.25) is 0 Å². The Bertz CT molecular complexity index is 417. The maximum atomic E-state index is 11.8. The van der Waals surface area contributed by atoms with Crippen LogP contribution in [0.4, 0.5) is 0 Å². The first-order valence-corrected chi connectivity index (χ1v) is 5.60. The van der Waals surface area contributed by atoms with Crippen LogP contribution in [-0.2, 0) is 20.9 Å². The van der Waals surface area contributed by atoms with Crippen molar-refractivity contribution in [3.05, 3.63) is 35.4 Å². The highest BCUT2D eigenvalue weighted by molar-refractivity contribution is 5.94. The van der Waals surface area contributed by atoms with E-state index in [9.17, 15) is 9.59 Å². The Labute approximate surface area is 106 Å². The first-order chi connectivity index (χ1) is 8.67. The van der Waals surface area contributed by atoms with Crippen molar-refractivity contribution in [1.82, 2.24) is 5.32 Å². The number of benzene rings is 1. The van der Waals surface area contributed by atoms with Crippen LogP contribution in [0.3, 0.4) is 0 Å². The molecule has 0 unspecified atom stereocenters. The van der Waals surface area contributed by atoms with Crippen LogP contribution in [0.2, 0.25) is 0 Å². The predicted molar refractivity (Wildman–Crippen MR) is 66.1 cm³/mol. The van der Waals surface area contributed by atoms with E-state index in [1.165, 1.54) is 7.11 Å². The fraction of sp³-hybridized carbons (Fsp3) is 0.385. The van der Waals surface area contributed by atoms with Crippen molar-refractivity contribution >= 4 is 11.9 Å². The molecule has 0 saturated heterocycles. The average molecular weight is 251 g/mol. The molecule has 0 radical (unpaired) electrons. The average Bonchev–Trinajstić information content (AvgIpc) is 2.39. The summed E-state index contributed by atoms with van der Waals surface area (Å²) in [4.78, 5) is 22.6. The van der Waals surface area contributed by atoms with Crippen molar-refractivity contribution in [2.24, 2.45) is 0 Å². The Kier molecular flexibility index (Phi) is 5.87. The summed E-state index contributed by atoms with van der Waals surface area (Å²) in [5.41, 5.74) is 1.48.